The van der Waals surface area contributed by atoms with Gasteiger partial charge in [-0.25, -0.2) is 0 Å². The molecule has 1 aromatic carbocycles. The number of aromatic nitrogens is 1. The number of benzene rings is 1. The van der Waals surface area contributed by atoms with E-state index < -0.39 is 0 Å². The minimum absolute atomic E-state index is 0.0399. The number of ether oxygens (including phenoxy) is 1. The van der Waals surface area contributed by atoms with Crippen LogP contribution in [-0.2, 0) is 9.53 Å². The van der Waals surface area contributed by atoms with E-state index in [2.05, 4.69) is 36.0 Å². The minimum Gasteiger partial charge on any atom is -0.497 e. The smallest absolute Gasteiger partial charge is 0.230 e. The number of hydrogen-bond acceptors (Lipinski definition) is 5. The van der Waals surface area contributed by atoms with Crippen LogP contribution >= 0.6 is 0 Å². The van der Waals surface area contributed by atoms with Gasteiger partial charge in [0.1, 0.15) is 17.2 Å². The Labute approximate surface area is 245 Å². The average molecular weight is 559 g/mol. The summed E-state index contributed by atoms with van der Waals surface area (Å²) < 4.78 is 11.1. The molecule has 0 bridgehead atoms. The lowest BCUT2D eigenvalue weighted by Gasteiger charge is -2.36. The van der Waals surface area contributed by atoms with Gasteiger partial charge >= 0.3 is 0 Å². The minimum atomic E-state index is -0.280. The molecule has 41 heavy (non-hydrogen) atoms. The van der Waals surface area contributed by atoms with E-state index in [9.17, 15) is 9.90 Å². The van der Waals surface area contributed by atoms with Gasteiger partial charge in [0.2, 0.25) is 5.91 Å². The normalized spacial score (nSPS) is 24.7. The second-order valence-corrected chi connectivity index (χ2v) is 12.6. The Kier molecular flexibility index (Phi) is 9.49. The Morgan fingerprint density at radius 2 is 1.73 bits per heavy atom. The molecule has 220 valence electrons. The standard InChI is InChI=1S/C35H46N2O4/c1-23(2)33(40-4)19-8-24(3)26-11-9-25(10-12-26)22-37(35(39)28-15-17-31(38)18-16-28)30-7-5-6-29(20-30)32-21-34(41-36-32)27-13-14-27/h5-8,19-21,25-28,31,38H,3,9-18,22H2,1-2,4H3/b19-8-/t25-,26-,28-,31-. The molecule has 3 aliphatic carbocycles. The largest absolute Gasteiger partial charge is 0.497 e. The first-order valence-corrected chi connectivity index (χ1v) is 15.5. The van der Waals surface area contributed by atoms with E-state index in [0.717, 1.165) is 78.1 Å². The van der Waals surface area contributed by atoms with E-state index in [1.54, 1.807) is 7.11 Å². The fraction of sp³-hybridized carbons (Fsp3) is 0.543. The van der Waals surface area contributed by atoms with Crippen molar-refractivity contribution in [1.82, 2.24) is 5.16 Å². The molecule has 1 amide bonds. The van der Waals surface area contributed by atoms with Gasteiger partial charge in [0, 0.05) is 35.7 Å². The number of rotatable bonds is 10. The predicted octanol–water partition coefficient (Wildman–Crippen LogP) is 7.96. The Morgan fingerprint density at radius 3 is 2.39 bits per heavy atom. The molecule has 3 aliphatic rings. The van der Waals surface area contributed by atoms with E-state index in [-0.39, 0.29) is 17.9 Å². The second kappa shape index (κ2) is 13.2. The van der Waals surface area contributed by atoms with Crippen molar-refractivity contribution < 1.29 is 19.2 Å². The number of nitrogens with zero attached hydrogens (tertiary/aromatic N) is 2. The van der Waals surface area contributed by atoms with Crippen LogP contribution in [0.5, 0.6) is 0 Å². The van der Waals surface area contributed by atoms with Crippen LogP contribution in [0.15, 0.2) is 70.5 Å². The number of carbonyl (C=O) groups excluding carboxylic acids is 1. The fourth-order valence-corrected chi connectivity index (χ4v) is 6.42. The third-order valence-electron chi connectivity index (χ3n) is 9.25. The lowest BCUT2D eigenvalue weighted by molar-refractivity contribution is -0.124. The summed E-state index contributed by atoms with van der Waals surface area (Å²) >= 11 is 0. The Hall–Kier alpha value is -3.12. The molecule has 0 atom stereocenters. The number of hydrogen-bond donors (Lipinski definition) is 1. The number of aliphatic hydroxyl groups excluding tert-OH is 1. The molecule has 0 radical (unpaired) electrons. The lowest BCUT2D eigenvalue weighted by atomic mass is 9.78. The van der Waals surface area contributed by atoms with Gasteiger partial charge in [-0.1, -0.05) is 35.5 Å². The highest BCUT2D eigenvalue weighted by atomic mass is 16.5. The molecular formula is C35H46N2O4. The van der Waals surface area contributed by atoms with Crippen molar-refractivity contribution >= 4 is 11.6 Å². The van der Waals surface area contributed by atoms with E-state index in [4.69, 9.17) is 9.26 Å². The molecule has 1 N–H and O–H groups in total. The number of aliphatic hydroxyl groups is 1. The molecule has 0 unspecified atom stereocenters. The van der Waals surface area contributed by atoms with Crippen LogP contribution in [0.2, 0.25) is 0 Å². The van der Waals surface area contributed by atoms with Gasteiger partial charge in [-0.05, 0) is 114 Å². The molecule has 2 aromatic rings. The summed E-state index contributed by atoms with van der Waals surface area (Å²) in [5, 5.41) is 14.4. The van der Waals surface area contributed by atoms with Crippen LogP contribution in [0.4, 0.5) is 5.69 Å². The number of carbonyl (C=O) groups is 1. The zero-order valence-electron chi connectivity index (χ0n) is 25.0. The molecule has 3 saturated carbocycles. The SMILES string of the molecule is C=C(/C=C\C(OC)=C(C)C)[C@H]1CC[C@H](CN(c2cccc(-c3cc(C4CC4)on3)c2)C(=O)[C@H]2CC[C@H](O)CC2)CC1. The zero-order valence-corrected chi connectivity index (χ0v) is 25.0. The van der Waals surface area contributed by atoms with E-state index in [0.29, 0.717) is 37.1 Å². The van der Waals surface area contributed by atoms with Gasteiger partial charge in [-0.15, -0.1) is 0 Å². The van der Waals surface area contributed by atoms with Crippen molar-refractivity contribution in [2.45, 2.75) is 90.1 Å². The van der Waals surface area contributed by atoms with Crippen molar-refractivity contribution in [3.8, 4) is 11.3 Å². The number of amides is 1. The lowest BCUT2D eigenvalue weighted by Crippen LogP contribution is -2.42. The first-order valence-electron chi connectivity index (χ1n) is 15.5. The van der Waals surface area contributed by atoms with Crippen molar-refractivity contribution in [1.29, 1.82) is 0 Å². The first kappa shape index (κ1) is 29.4. The van der Waals surface area contributed by atoms with Gasteiger partial charge in [0.15, 0.2) is 0 Å². The van der Waals surface area contributed by atoms with Crippen molar-refractivity contribution in [2.24, 2.45) is 17.8 Å². The number of methoxy groups -OCH3 is 1. The topological polar surface area (TPSA) is 75.8 Å². The van der Waals surface area contributed by atoms with Crippen LogP contribution in [-0.4, -0.2) is 35.9 Å². The third kappa shape index (κ3) is 7.40. The van der Waals surface area contributed by atoms with Crippen molar-refractivity contribution in [2.75, 3.05) is 18.6 Å². The maximum absolute atomic E-state index is 14.0. The summed E-state index contributed by atoms with van der Waals surface area (Å²) in [5.41, 5.74) is 5.04. The van der Waals surface area contributed by atoms with E-state index in [1.807, 2.05) is 37.0 Å². The maximum Gasteiger partial charge on any atom is 0.230 e. The van der Waals surface area contributed by atoms with Crippen molar-refractivity contribution in [3.63, 3.8) is 0 Å². The first-order chi connectivity index (χ1) is 19.8. The molecule has 6 heteroatoms. The van der Waals surface area contributed by atoms with Crippen LogP contribution < -0.4 is 4.90 Å². The molecule has 0 spiro atoms. The van der Waals surface area contributed by atoms with Crippen LogP contribution in [0.25, 0.3) is 11.3 Å². The molecule has 3 fully saturated rings. The quantitative estimate of drug-likeness (QED) is 0.236. The fourth-order valence-electron chi connectivity index (χ4n) is 6.42. The van der Waals surface area contributed by atoms with E-state index in [1.165, 1.54) is 12.8 Å². The molecule has 0 aliphatic heterocycles. The highest BCUT2D eigenvalue weighted by molar-refractivity contribution is 5.95. The highest BCUT2D eigenvalue weighted by Gasteiger charge is 2.33. The monoisotopic (exact) mass is 558 g/mol. The van der Waals surface area contributed by atoms with Gasteiger partial charge in [-0.2, -0.15) is 0 Å². The summed E-state index contributed by atoms with van der Waals surface area (Å²) in [6.45, 7) is 9.18. The molecular weight excluding hydrogens is 512 g/mol. The summed E-state index contributed by atoms with van der Waals surface area (Å²) in [4.78, 5) is 16.0. The van der Waals surface area contributed by atoms with Gasteiger partial charge in [0.25, 0.3) is 0 Å². The Balaban J connectivity index is 1.29. The van der Waals surface area contributed by atoms with Crippen LogP contribution in [0.3, 0.4) is 0 Å². The molecule has 0 saturated heterocycles. The number of allylic oxidation sites excluding steroid dienone is 4. The average Bonchev–Trinajstić information content (AvgIpc) is 3.72. The Morgan fingerprint density at radius 1 is 1.02 bits per heavy atom. The molecule has 1 heterocycles. The van der Waals surface area contributed by atoms with Gasteiger partial charge < -0.3 is 19.3 Å². The van der Waals surface area contributed by atoms with Gasteiger partial charge in [0.05, 0.1) is 13.2 Å². The van der Waals surface area contributed by atoms with Crippen molar-refractivity contribution in [3.05, 3.63) is 71.7 Å². The third-order valence-corrected chi connectivity index (χ3v) is 9.25. The molecule has 6 nitrogen and oxygen atoms in total. The summed E-state index contributed by atoms with van der Waals surface area (Å²) in [7, 11) is 1.70. The van der Waals surface area contributed by atoms with Crippen LogP contribution in [0, 0.1) is 17.8 Å². The van der Waals surface area contributed by atoms with Gasteiger partial charge in [-0.3, -0.25) is 4.79 Å². The predicted molar refractivity (Wildman–Crippen MR) is 163 cm³/mol. The summed E-state index contributed by atoms with van der Waals surface area (Å²) in [6.07, 6.45) is 13.4. The highest BCUT2D eigenvalue weighted by Crippen LogP contribution is 2.42. The molecule has 1 aromatic heterocycles. The zero-order chi connectivity index (χ0) is 28.9. The van der Waals surface area contributed by atoms with E-state index >= 15 is 0 Å². The summed E-state index contributed by atoms with van der Waals surface area (Å²) in [5.74, 6) is 3.41. The second-order valence-electron chi connectivity index (χ2n) is 12.6. The molecule has 5 rings (SSSR count). The summed E-state index contributed by atoms with van der Waals surface area (Å²) in [6, 6.07) is 10.3. The maximum atomic E-state index is 14.0. The number of anilines is 1. The Bertz CT molecular complexity index is 1270. The van der Waals surface area contributed by atoms with Crippen LogP contribution in [0.1, 0.15) is 89.7 Å².